The van der Waals surface area contributed by atoms with Crippen molar-refractivity contribution in [2.24, 2.45) is 16.9 Å². The molecule has 124 valence electrons. The fourth-order valence-corrected chi connectivity index (χ4v) is 2.38. The van der Waals surface area contributed by atoms with E-state index in [2.05, 4.69) is 5.10 Å². The van der Waals surface area contributed by atoms with Crippen LogP contribution in [0.25, 0.3) is 0 Å². The molecule has 23 heavy (non-hydrogen) atoms. The van der Waals surface area contributed by atoms with Crippen LogP contribution in [-0.2, 0) is 20.9 Å². The monoisotopic (exact) mass is 316 g/mol. The first-order valence-corrected chi connectivity index (χ1v) is 7.86. The minimum absolute atomic E-state index is 0.0753. The van der Waals surface area contributed by atoms with Crippen molar-refractivity contribution in [3.05, 3.63) is 35.9 Å². The molecule has 1 aromatic carbocycles. The number of hydrazone groups is 1. The molecule has 0 N–H and O–H groups in total. The van der Waals surface area contributed by atoms with E-state index in [1.54, 1.807) is 0 Å². The van der Waals surface area contributed by atoms with Gasteiger partial charge >= 0.3 is 5.97 Å². The lowest BCUT2D eigenvalue weighted by Gasteiger charge is -2.32. The second-order valence-corrected chi connectivity index (χ2v) is 6.95. The maximum atomic E-state index is 12.5. The molecule has 0 spiro atoms. The van der Waals surface area contributed by atoms with E-state index in [1.807, 2.05) is 65.0 Å². The van der Waals surface area contributed by atoms with Crippen LogP contribution in [0, 0.1) is 11.8 Å². The maximum Gasteiger partial charge on any atom is 0.355 e. The molecule has 1 amide bonds. The molecule has 0 aliphatic carbocycles. The molecule has 5 nitrogen and oxygen atoms in total. The molecular weight excluding hydrogens is 292 g/mol. The number of esters is 1. The van der Waals surface area contributed by atoms with E-state index in [9.17, 15) is 9.59 Å². The number of ether oxygens (including phenoxy) is 1. The van der Waals surface area contributed by atoms with Crippen molar-refractivity contribution >= 4 is 17.6 Å². The van der Waals surface area contributed by atoms with Gasteiger partial charge < -0.3 is 4.74 Å². The van der Waals surface area contributed by atoms with Crippen molar-refractivity contribution in [1.82, 2.24) is 5.01 Å². The van der Waals surface area contributed by atoms with Crippen molar-refractivity contribution in [3.63, 3.8) is 0 Å². The van der Waals surface area contributed by atoms with Gasteiger partial charge in [0, 0.05) is 11.8 Å². The molecule has 2 atom stereocenters. The van der Waals surface area contributed by atoms with Gasteiger partial charge in [0.1, 0.15) is 11.3 Å². The van der Waals surface area contributed by atoms with Crippen molar-refractivity contribution in [2.75, 3.05) is 0 Å². The summed E-state index contributed by atoms with van der Waals surface area (Å²) in [5.74, 6) is -1.10. The van der Waals surface area contributed by atoms with Gasteiger partial charge in [-0.15, -0.1) is 0 Å². The van der Waals surface area contributed by atoms with E-state index < -0.39 is 11.6 Å². The van der Waals surface area contributed by atoms with E-state index in [1.165, 1.54) is 5.01 Å². The Hall–Kier alpha value is -2.17. The lowest BCUT2D eigenvalue weighted by molar-refractivity contribution is -0.147. The second-order valence-electron chi connectivity index (χ2n) is 6.95. The van der Waals surface area contributed by atoms with Crippen LogP contribution in [0.2, 0.25) is 0 Å². The number of carbonyl (C=O) groups is 2. The largest absolute Gasteiger partial charge is 0.455 e. The van der Waals surface area contributed by atoms with Gasteiger partial charge in [0.25, 0.3) is 0 Å². The molecule has 1 heterocycles. The van der Waals surface area contributed by atoms with Crippen LogP contribution in [0.5, 0.6) is 0 Å². The summed E-state index contributed by atoms with van der Waals surface area (Å²) in [6.45, 7) is 9.46. The predicted octanol–water partition coefficient (Wildman–Crippen LogP) is 3.00. The summed E-state index contributed by atoms with van der Waals surface area (Å²) < 4.78 is 5.42. The fraction of sp³-hybridized carbons (Fsp3) is 0.500. The van der Waals surface area contributed by atoms with Gasteiger partial charge in [0.05, 0.1) is 6.54 Å². The van der Waals surface area contributed by atoms with Crippen LogP contribution >= 0.6 is 0 Å². The highest BCUT2D eigenvalue weighted by molar-refractivity contribution is 6.38. The van der Waals surface area contributed by atoms with Crippen molar-refractivity contribution in [1.29, 1.82) is 0 Å². The first kappa shape index (κ1) is 17.2. The first-order chi connectivity index (χ1) is 10.7. The zero-order chi connectivity index (χ0) is 17.2. The Kier molecular flexibility index (Phi) is 4.88. The van der Waals surface area contributed by atoms with Crippen LogP contribution in [0.4, 0.5) is 0 Å². The Balaban J connectivity index is 2.27. The Morgan fingerprint density at radius 2 is 1.78 bits per heavy atom. The average molecular weight is 316 g/mol. The average Bonchev–Trinajstić information content (AvgIpc) is 2.47. The number of hydrogen-bond acceptors (Lipinski definition) is 4. The van der Waals surface area contributed by atoms with E-state index in [4.69, 9.17) is 4.74 Å². The Bertz CT molecular complexity index is 617. The summed E-state index contributed by atoms with van der Waals surface area (Å²) in [7, 11) is 0. The lowest BCUT2D eigenvalue weighted by atomic mass is 9.88. The van der Waals surface area contributed by atoms with E-state index in [0.29, 0.717) is 12.3 Å². The Morgan fingerprint density at radius 1 is 1.17 bits per heavy atom. The number of benzene rings is 1. The van der Waals surface area contributed by atoms with Crippen LogP contribution in [0.15, 0.2) is 35.4 Å². The van der Waals surface area contributed by atoms with Crippen molar-refractivity contribution in [2.45, 2.75) is 46.8 Å². The third kappa shape index (κ3) is 4.18. The van der Waals surface area contributed by atoms with Gasteiger partial charge in [-0.1, -0.05) is 44.2 Å². The third-order valence-electron chi connectivity index (χ3n) is 3.84. The zero-order valence-electron chi connectivity index (χ0n) is 14.4. The molecule has 1 aromatic rings. The van der Waals surface area contributed by atoms with Gasteiger partial charge in [0.2, 0.25) is 5.91 Å². The molecule has 1 aliphatic rings. The lowest BCUT2D eigenvalue weighted by Crippen LogP contribution is -2.45. The minimum Gasteiger partial charge on any atom is -0.455 e. The summed E-state index contributed by atoms with van der Waals surface area (Å²) in [6.07, 6.45) is 0. The van der Waals surface area contributed by atoms with Crippen molar-refractivity contribution in [3.8, 4) is 0 Å². The van der Waals surface area contributed by atoms with Gasteiger partial charge in [-0.2, -0.15) is 5.10 Å². The van der Waals surface area contributed by atoms with Gasteiger partial charge in [-0.3, -0.25) is 4.79 Å². The molecule has 1 aliphatic heterocycles. The highest BCUT2D eigenvalue weighted by atomic mass is 16.6. The quantitative estimate of drug-likeness (QED) is 0.805. The Morgan fingerprint density at radius 3 is 2.35 bits per heavy atom. The summed E-state index contributed by atoms with van der Waals surface area (Å²) in [4.78, 5) is 24.8. The molecule has 2 rings (SSSR count). The summed E-state index contributed by atoms with van der Waals surface area (Å²) >= 11 is 0. The molecule has 0 fully saturated rings. The summed E-state index contributed by atoms with van der Waals surface area (Å²) in [5, 5.41) is 5.67. The second kappa shape index (κ2) is 6.52. The molecule has 0 radical (unpaired) electrons. The van der Waals surface area contributed by atoms with Crippen LogP contribution in [-0.4, -0.2) is 28.2 Å². The summed E-state index contributed by atoms with van der Waals surface area (Å²) in [5.41, 5.74) is 0.687. The number of nitrogens with zero attached hydrogens (tertiary/aromatic N) is 2. The minimum atomic E-state index is -0.589. The molecule has 0 aromatic heterocycles. The van der Waals surface area contributed by atoms with Crippen LogP contribution in [0.3, 0.4) is 0 Å². The number of hydrogen-bond donors (Lipinski definition) is 0. The predicted molar refractivity (Wildman–Crippen MR) is 88.6 cm³/mol. The smallest absolute Gasteiger partial charge is 0.355 e. The van der Waals surface area contributed by atoms with Gasteiger partial charge in [-0.05, 0) is 26.3 Å². The third-order valence-corrected chi connectivity index (χ3v) is 3.84. The molecule has 0 saturated heterocycles. The molecule has 0 saturated carbocycles. The van der Waals surface area contributed by atoms with Gasteiger partial charge in [0.15, 0.2) is 0 Å². The standard InChI is InChI=1S/C18H24N2O3/c1-12-13(2)16(21)20(11-14-9-7-6-8-10-14)19-15(12)17(22)23-18(3,4)5/h6-10,12-13H,11H2,1-5H3/t12-,13+/m1/s1. The van der Waals surface area contributed by atoms with E-state index >= 15 is 0 Å². The SMILES string of the molecule is C[C@@H]1C(=O)N(Cc2ccccc2)N=C(C(=O)OC(C)(C)C)[C@@H]1C. The summed E-state index contributed by atoms with van der Waals surface area (Å²) in [6, 6.07) is 9.60. The highest BCUT2D eigenvalue weighted by Crippen LogP contribution is 2.25. The van der Waals surface area contributed by atoms with Crippen LogP contribution in [0.1, 0.15) is 40.2 Å². The molecule has 0 bridgehead atoms. The van der Waals surface area contributed by atoms with E-state index in [0.717, 1.165) is 5.56 Å². The normalized spacial score (nSPS) is 21.9. The Labute approximate surface area is 137 Å². The highest BCUT2D eigenvalue weighted by Gasteiger charge is 2.38. The fourth-order valence-electron chi connectivity index (χ4n) is 2.38. The van der Waals surface area contributed by atoms with E-state index in [-0.39, 0.29) is 17.7 Å². The number of carbonyl (C=O) groups excluding carboxylic acids is 2. The topological polar surface area (TPSA) is 59.0 Å². The zero-order valence-corrected chi connectivity index (χ0v) is 14.4. The van der Waals surface area contributed by atoms with Crippen molar-refractivity contribution < 1.29 is 14.3 Å². The molecular formula is C18H24N2O3. The maximum absolute atomic E-state index is 12.5. The first-order valence-electron chi connectivity index (χ1n) is 7.86. The van der Waals surface area contributed by atoms with Gasteiger partial charge in [-0.25, -0.2) is 9.80 Å². The number of rotatable bonds is 3. The molecule has 5 heteroatoms. The van der Waals surface area contributed by atoms with Crippen LogP contribution < -0.4 is 0 Å². The number of amides is 1. The molecule has 0 unspecified atom stereocenters.